The molecule has 4 aliphatic carbocycles. The molecule has 2 N–H and O–H groups in total. The summed E-state index contributed by atoms with van der Waals surface area (Å²) in [4.78, 5) is 67.9. The van der Waals surface area contributed by atoms with E-state index in [4.69, 9.17) is 0 Å². The van der Waals surface area contributed by atoms with Crippen LogP contribution in [0.3, 0.4) is 0 Å². The maximum absolute atomic E-state index is 14.2. The molecule has 0 bridgehead atoms. The molecular formula is C30H34O7. The Balaban J connectivity index is 1.73. The van der Waals surface area contributed by atoms with E-state index in [1.54, 1.807) is 20.8 Å². The van der Waals surface area contributed by atoms with Crippen LogP contribution in [0.2, 0.25) is 0 Å². The zero-order valence-corrected chi connectivity index (χ0v) is 22.0. The van der Waals surface area contributed by atoms with Crippen LogP contribution < -0.4 is 0 Å². The van der Waals surface area contributed by atoms with E-state index in [1.165, 1.54) is 6.07 Å². The number of ketones is 5. The van der Waals surface area contributed by atoms with E-state index in [0.29, 0.717) is 5.56 Å². The Morgan fingerprint density at radius 2 is 1.76 bits per heavy atom. The van der Waals surface area contributed by atoms with Gasteiger partial charge in [0.25, 0.3) is 0 Å². The molecule has 5 rings (SSSR count). The zero-order chi connectivity index (χ0) is 27.2. The Morgan fingerprint density at radius 1 is 1.08 bits per heavy atom. The number of aromatic hydroxyl groups is 1. The topological polar surface area (TPSA) is 126 Å². The van der Waals surface area contributed by atoms with Crippen molar-refractivity contribution in [3.8, 4) is 5.75 Å². The molecule has 0 amide bonds. The molecule has 1 aromatic carbocycles. The maximum atomic E-state index is 14.2. The summed E-state index contributed by atoms with van der Waals surface area (Å²) in [5, 5.41) is 22.8. The molecule has 4 aliphatic rings. The number of rotatable bonds is 3. The van der Waals surface area contributed by atoms with Crippen molar-refractivity contribution in [3.63, 3.8) is 0 Å². The molecule has 196 valence electrons. The molecule has 1 aromatic rings. The van der Waals surface area contributed by atoms with Gasteiger partial charge in [0.15, 0.2) is 28.7 Å². The van der Waals surface area contributed by atoms with Gasteiger partial charge in [0.05, 0.1) is 11.5 Å². The fraction of sp³-hybridized carbons (Fsp3) is 0.567. The molecule has 7 nitrogen and oxygen atoms in total. The largest absolute Gasteiger partial charge is 0.507 e. The summed E-state index contributed by atoms with van der Waals surface area (Å²) in [5.74, 6) is -8.52. The van der Waals surface area contributed by atoms with Crippen LogP contribution in [0.5, 0.6) is 5.75 Å². The van der Waals surface area contributed by atoms with Gasteiger partial charge in [-0.05, 0) is 61.1 Å². The maximum Gasteiger partial charge on any atom is 0.190 e. The van der Waals surface area contributed by atoms with Crippen LogP contribution in [0, 0.1) is 34.5 Å². The molecular weight excluding hydrogens is 472 g/mol. The summed E-state index contributed by atoms with van der Waals surface area (Å²) in [6.07, 6.45) is 6.32. The first-order valence-corrected chi connectivity index (χ1v) is 13.1. The lowest BCUT2D eigenvalue weighted by Crippen LogP contribution is -2.76. The molecule has 0 saturated heterocycles. The Morgan fingerprint density at radius 3 is 2.32 bits per heavy atom. The van der Waals surface area contributed by atoms with Crippen LogP contribution in [0.4, 0.5) is 0 Å². The second-order valence-corrected chi connectivity index (χ2v) is 12.5. The van der Waals surface area contributed by atoms with Crippen LogP contribution in [-0.4, -0.2) is 44.7 Å². The van der Waals surface area contributed by atoms with Crippen LogP contribution in [0.25, 0.3) is 0 Å². The van der Waals surface area contributed by atoms with Gasteiger partial charge in [0.1, 0.15) is 17.5 Å². The van der Waals surface area contributed by atoms with E-state index >= 15 is 0 Å². The number of benzene rings is 1. The SMILES string of the molecule is CC(=O)C1C(=O)C(C(C)C)[C@@]2(C)C[C@@]3(C)Cc4c(C5C=CCC5)ccc(O)c4C(=O)C3C(=O)[C@@]2(O)C1=O. The third-order valence-corrected chi connectivity index (χ3v) is 9.71. The molecule has 0 aromatic heterocycles. The second-order valence-electron chi connectivity index (χ2n) is 12.5. The minimum atomic E-state index is -2.66. The molecule has 0 spiro atoms. The highest BCUT2D eigenvalue weighted by atomic mass is 16.3. The summed E-state index contributed by atoms with van der Waals surface area (Å²) < 4.78 is 0. The minimum absolute atomic E-state index is 0.0681. The van der Waals surface area contributed by atoms with E-state index in [9.17, 15) is 34.2 Å². The highest BCUT2D eigenvalue weighted by molar-refractivity contribution is 6.32. The highest BCUT2D eigenvalue weighted by Crippen LogP contribution is 2.64. The van der Waals surface area contributed by atoms with Crippen molar-refractivity contribution >= 4 is 28.9 Å². The van der Waals surface area contributed by atoms with Gasteiger partial charge in [-0.3, -0.25) is 24.0 Å². The van der Waals surface area contributed by atoms with Crippen molar-refractivity contribution in [1.29, 1.82) is 0 Å². The normalized spacial score (nSPS) is 39.0. The summed E-state index contributed by atoms with van der Waals surface area (Å²) in [7, 11) is 0. The van der Waals surface area contributed by atoms with Crippen LogP contribution >= 0.6 is 0 Å². The lowest BCUT2D eigenvalue weighted by molar-refractivity contribution is -0.205. The molecule has 2 fully saturated rings. The molecule has 37 heavy (non-hydrogen) atoms. The van der Waals surface area contributed by atoms with Gasteiger partial charge in [0, 0.05) is 17.3 Å². The number of hydrogen-bond acceptors (Lipinski definition) is 7. The van der Waals surface area contributed by atoms with E-state index in [2.05, 4.69) is 12.2 Å². The van der Waals surface area contributed by atoms with Crippen LogP contribution in [0.1, 0.15) is 81.3 Å². The van der Waals surface area contributed by atoms with E-state index in [0.717, 1.165) is 25.3 Å². The smallest absolute Gasteiger partial charge is 0.190 e. The van der Waals surface area contributed by atoms with Crippen molar-refractivity contribution in [2.75, 3.05) is 0 Å². The van der Waals surface area contributed by atoms with Crippen molar-refractivity contribution in [2.24, 2.45) is 34.5 Å². The Bertz CT molecular complexity index is 1300. The Labute approximate surface area is 216 Å². The van der Waals surface area contributed by atoms with Crippen molar-refractivity contribution in [1.82, 2.24) is 0 Å². The number of aliphatic hydroxyl groups is 1. The molecule has 0 heterocycles. The number of phenolic OH excluding ortho intramolecular Hbond substituents is 1. The Kier molecular flexibility index (Phi) is 5.58. The molecule has 4 unspecified atom stereocenters. The monoisotopic (exact) mass is 506 g/mol. The second kappa shape index (κ2) is 8.03. The predicted molar refractivity (Wildman–Crippen MR) is 134 cm³/mol. The van der Waals surface area contributed by atoms with Gasteiger partial charge < -0.3 is 10.2 Å². The first-order chi connectivity index (χ1) is 17.2. The molecule has 0 aliphatic heterocycles. The minimum Gasteiger partial charge on any atom is -0.507 e. The summed E-state index contributed by atoms with van der Waals surface area (Å²) in [5.41, 5.74) is -3.46. The number of carbonyl (C=O) groups excluding carboxylic acids is 5. The van der Waals surface area contributed by atoms with Gasteiger partial charge in [-0.1, -0.05) is 45.9 Å². The fourth-order valence-electron chi connectivity index (χ4n) is 8.40. The standard InChI is InChI=1S/C30H34O7/c1-14(2)22-24(33)20(15(3)31)26(35)30(37)27(36)23-25(34)21-18(12-28(23,4)13-29(22,30)5)17(10-11-19(21)32)16-8-6-7-9-16/h6,8,10-11,14,16,20,22-23,32,37H,7,9,12-13H2,1-5H3/t16?,20?,22?,23?,28-,29-,30+/m1/s1. The predicted octanol–water partition coefficient (Wildman–Crippen LogP) is 3.53. The summed E-state index contributed by atoms with van der Waals surface area (Å²) in [6.45, 7) is 8.07. The third-order valence-electron chi connectivity index (χ3n) is 9.71. The van der Waals surface area contributed by atoms with E-state index in [-0.39, 0.29) is 36.0 Å². The highest BCUT2D eigenvalue weighted by Gasteiger charge is 2.76. The summed E-state index contributed by atoms with van der Waals surface area (Å²) >= 11 is 0. The van der Waals surface area contributed by atoms with E-state index < -0.39 is 63.1 Å². The van der Waals surface area contributed by atoms with Gasteiger partial charge >= 0.3 is 0 Å². The van der Waals surface area contributed by atoms with Crippen molar-refractivity contribution in [3.05, 3.63) is 41.0 Å². The number of hydrogen-bond donors (Lipinski definition) is 2. The number of Topliss-reactive ketones (excluding diaryl/α,β-unsaturated/α-hetero) is 5. The zero-order valence-electron chi connectivity index (χ0n) is 22.0. The van der Waals surface area contributed by atoms with Gasteiger partial charge in [-0.2, -0.15) is 0 Å². The van der Waals surface area contributed by atoms with Gasteiger partial charge in [-0.15, -0.1) is 0 Å². The first-order valence-electron chi connectivity index (χ1n) is 13.1. The lowest BCUT2D eigenvalue weighted by Gasteiger charge is -2.62. The van der Waals surface area contributed by atoms with Gasteiger partial charge in [0.2, 0.25) is 0 Å². The number of fused-ring (bicyclic) bond motifs is 3. The molecule has 7 heteroatoms. The van der Waals surface area contributed by atoms with Crippen molar-refractivity contribution in [2.45, 2.75) is 71.8 Å². The third kappa shape index (κ3) is 3.13. The number of phenols is 1. The molecule has 7 atom stereocenters. The quantitative estimate of drug-likeness (QED) is 0.474. The van der Waals surface area contributed by atoms with Crippen molar-refractivity contribution < 1.29 is 34.2 Å². The number of carbonyl (C=O) groups is 5. The summed E-state index contributed by atoms with van der Waals surface area (Å²) in [6, 6.07) is 3.30. The Hall–Kier alpha value is -2.93. The van der Waals surface area contributed by atoms with Crippen LogP contribution in [-0.2, 0) is 25.6 Å². The molecule has 0 radical (unpaired) electrons. The fourth-order valence-corrected chi connectivity index (χ4v) is 8.40. The number of allylic oxidation sites excluding steroid dienone is 2. The van der Waals surface area contributed by atoms with Crippen LogP contribution in [0.15, 0.2) is 24.3 Å². The van der Waals surface area contributed by atoms with E-state index in [1.807, 2.05) is 13.0 Å². The average molecular weight is 507 g/mol. The average Bonchev–Trinajstić information content (AvgIpc) is 3.30. The first kappa shape index (κ1) is 25.7. The molecule has 2 saturated carbocycles. The lowest BCUT2D eigenvalue weighted by atomic mass is 9.39. The van der Waals surface area contributed by atoms with Gasteiger partial charge in [-0.25, -0.2) is 0 Å².